The molecule has 1 aromatic rings. The number of carboxylic acid groups (broad SMARTS) is 1. The number of benzene rings is 1. The highest BCUT2D eigenvalue weighted by Crippen LogP contribution is 2.39. The molecule has 0 saturated carbocycles. The van der Waals surface area contributed by atoms with Crippen molar-refractivity contribution in [2.75, 3.05) is 5.75 Å². The van der Waals surface area contributed by atoms with Gasteiger partial charge >= 0.3 is 5.97 Å². The standard InChI is InChI=1S/C15H15NO3S/c17-14(16-10-6-5-9(7-10)15(18)19)12-8-20-13-4-2-1-3-11(12)13/h1-6,9-10,12H,7-8H2,(H,16,17)(H,18,19). The molecule has 0 fully saturated rings. The molecule has 1 aliphatic heterocycles. The topological polar surface area (TPSA) is 66.4 Å². The first-order valence-electron chi connectivity index (χ1n) is 6.58. The van der Waals surface area contributed by atoms with Crippen molar-refractivity contribution < 1.29 is 14.7 Å². The molecule has 3 atom stereocenters. The predicted octanol–water partition coefficient (Wildman–Crippen LogP) is 2.02. The van der Waals surface area contributed by atoms with E-state index >= 15 is 0 Å². The van der Waals surface area contributed by atoms with Gasteiger partial charge in [0.25, 0.3) is 0 Å². The Morgan fingerprint density at radius 3 is 2.80 bits per heavy atom. The Balaban J connectivity index is 1.64. The van der Waals surface area contributed by atoms with Gasteiger partial charge in [-0.15, -0.1) is 11.8 Å². The summed E-state index contributed by atoms with van der Waals surface area (Å²) in [6, 6.07) is 7.78. The van der Waals surface area contributed by atoms with Crippen LogP contribution < -0.4 is 5.32 Å². The van der Waals surface area contributed by atoms with E-state index in [0.717, 1.165) is 16.2 Å². The maximum Gasteiger partial charge on any atom is 0.310 e. The number of fused-ring (bicyclic) bond motifs is 1. The van der Waals surface area contributed by atoms with E-state index in [0.29, 0.717) is 6.42 Å². The van der Waals surface area contributed by atoms with Gasteiger partial charge in [-0.05, 0) is 18.1 Å². The SMILES string of the molecule is O=C(O)C1C=CC(NC(=O)C2CSc3ccccc32)C1. The van der Waals surface area contributed by atoms with E-state index in [1.165, 1.54) is 0 Å². The van der Waals surface area contributed by atoms with Crippen molar-refractivity contribution in [2.45, 2.75) is 23.3 Å². The van der Waals surface area contributed by atoms with Crippen LogP contribution in [0.1, 0.15) is 17.9 Å². The van der Waals surface area contributed by atoms with Crippen molar-refractivity contribution in [1.29, 1.82) is 0 Å². The molecule has 20 heavy (non-hydrogen) atoms. The van der Waals surface area contributed by atoms with Gasteiger partial charge in [0.05, 0.1) is 11.8 Å². The number of hydrogen-bond donors (Lipinski definition) is 2. The predicted molar refractivity (Wildman–Crippen MR) is 76.7 cm³/mol. The van der Waals surface area contributed by atoms with Crippen LogP contribution >= 0.6 is 11.8 Å². The molecule has 5 heteroatoms. The summed E-state index contributed by atoms with van der Waals surface area (Å²) in [4.78, 5) is 24.4. The molecule has 0 bridgehead atoms. The van der Waals surface area contributed by atoms with Crippen LogP contribution in [0.5, 0.6) is 0 Å². The highest BCUT2D eigenvalue weighted by atomic mass is 32.2. The molecule has 0 aromatic heterocycles. The molecule has 2 N–H and O–H groups in total. The Morgan fingerprint density at radius 1 is 1.25 bits per heavy atom. The summed E-state index contributed by atoms with van der Waals surface area (Å²) in [5.74, 6) is -0.703. The zero-order valence-electron chi connectivity index (χ0n) is 10.8. The van der Waals surface area contributed by atoms with Gasteiger partial charge in [0.2, 0.25) is 5.91 Å². The Morgan fingerprint density at radius 2 is 2.05 bits per heavy atom. The van der Waals surface area contributed by atoms with Gasteiger partial charge in [-0.2, -0.15) is 0 Å². The van der Waals surface area contributed by atoms with Crippen LogP contribution in [0.3, 0.4) is 0 Å². The van der Waals surface area contributed by atoms with E-state index in [1.54, 1.807) is 23.9 Å². The molecular formula is C15H15NO3S. The maximum absolute atomic E-state index is 12.3. The first-order valence-corrected chi connectivity index (χ1v) is 7.57. The van der Waals surface area contributed by atoms with Gasteiger partial charge < -0.3 is 10.4 Å². The summed E-state index contributed by atoms with van der Waals surface area (Å²) in [6.07, 6.45) is 3.89. The minimum atomic E-state index is -0.834. The van der Waals surface area contributed by atoms with Crippen molar-refractivity contribution in [3.05, 3.63) is 42.0 Å². The van der Waals surface area contributed by atoms with Crippen molar-refractivity contribution in [3.63, 3.8) is 0 Å². The van der Waals surface area contributed by atoms with Gasteiger partial charge in [-0.25, -0.2) is 0 Å². The average Bonchev–Trinajstić information content (AvgIpc) is 3.04. The Labute approximate surface area is 121 Å². The quantitative estimate of drug-likeness (QED) is 0.836. The summed E-state index contributed by atoms with van der Waals surface area (Å²) >= 11 is 1.69. The monoisotopic (exact) mass is 289 g/mol. The molecule has 1 aliphatic carbocycles. The van der Waals surface area contributed by atoms with Crippen molar-refractivity contribution >= 4 is 23.6 Å². The van der Waals surface area contributed by atoms with E-state index in [2.05, 4.69) is 5.32 Å². The van der Waals surface area contributed by atoms with Gasteiger partial charge in [0.15, 0.2) is 0 Å². The number of nitrogens with one attached hydrogen (secondary N) is 1. The lowest BCUT2D eigenvalue weighted by molar-refractivity contribution is -0.140. The molecule has 1 amide bonds. The number of amides is 1. The molecule has 0 spiro atoms. The fourth-order valence-corrected chi connectivity index (χ4v) is 3.88. The maximum atomic E-state index is 12.3. The fourth-order valence-electron chi connectivity index (χ4n) is 2.65. The normalized spacial score (nSPS) is 27.3. The third kappa shape index (κ3) is 2.45. The number of thioether (sulfide) groups is 1. The van der Waals surface area contributed by atoms with Gasteiger partial charge in [0, 0.05) is 16.7 Å². The number of carboxylic acids is 1. The molecule has 2 aliphatic rings. The van der Waals surface area contributed by atoms with Crippen LogP contribution in [-0.4, -0.2) is 28.8 Å². The Hall–Kier alpha value is -1.75. The van der Waals surface area contributed by atoms with E-state index in [1.807, 2.05) is 24.3 Å². The summed E-state index contributed by atoms with van der Waals surface area (Å²) in [5.41, 5.74) is 1.08. The summed E-state index contributed by atoms with van der Waals surface area (Å²) < 4.78 is 0. The second kappa shape index (κ2) is 5.32. The lowest BCUT2D eigenvalue weighted by Gasteiger charge is -2.16. The van der Waals surface area contributed by atoms with Crippen LogP contribution in [0.2, 0.25) is 0 Å². The molecule has 1 aromatic carbocycles. The molecule has 1 heterocycles. The fraction of sp³-hybridized carbons (Fsp3) is 0.333. The van der Waals surface area contributed by atoms with Crippen molar-refractivity contribution in [2.24, 2.45) is 5.92 Å². The van der Waals surface area contributed by atoms with Crippen LogP contribution in [0, 0.1) is 5.92 Å². The molecule has 0 radical (unpaired) electrons. The minimum absolute atomic E-state index is 0.0110. The largest absolute Gasteiger partial charge is 0.481 e. The van der Waals surface area contributed by atoms with Crippen LogP contribution in [0.15, 0.2) is 41.3 Å². The van der Waals surface area contributed by atoms with Crippen molar-refractivity contribution in [1.82, 2.24) is 5.32 Å². The second-order valence-corrected chi connectivity index (χ2v) is 6.14. The Kier molecular flexibility index (Phi) is 3.53. The number of aliphatic carboxylic acids is 1. The zero-order chi connectivity index (χ0) is 14.1. The van der Waals surface area contributed by atoms with Gasteiger partial charge in [-0.1, -0.05) is 30.4 Å². The van der Waals surface area contributed by atoms with Crippen LogP contribution in [-0.2, 0) is 9.59 Å². The number of carbonyl (C=O) groups is 2. The van der Waals surface area contributed by atoms with E-state index < -0.39 is 11.9 Å². The highest BCUT2D eigenvalue weighted by molar-refractivity contribution is 7.99. The molecule has 104 valence electrons. The van der Waals surface area contributed by atoms with Crippen molar-refractivity contribution in [3.8, 4) is 0 Å². The summed E-state index contributed by atoms with van der Waals surface area (Å²) in [6.45, 7) is 0. The average molecular weight is 289 g/mol. The van der Waals surface area contributed by atoms with Gasteiger partial charge in [0.1, 0.15) is 0 Å². The summed E-state index contributed by atoms with van der Waals surface area (Å²) in [5, 5.41) is 11.9. The van der Waals surface area contributed by atoms with E-state index in [4.69, 9.17) is 5.11 Å². The number of carbonyl (C=O) groups excluding carboxylic acids is 1. The third-order valence-electron chi connectivity index (χ3n) is 3.74. The van der Waals surface area contributed by atoms with Gasteiger partial charge in [-0.3, -0.25) is 9.59 Å². The van der Waals surface area contributed by atoms with Crippen LogP contribution in [0.4, 0.5) is 0 Å². The highest BCUT2D eigenvalue weighted by Gasteiger charge is 2.32. The lowest BCUT2D eigenvalue weighted by Crippen LogP contribution is -2.37. The first-order chi connectivity index (χ1) is 9.65. The lowest BCUT2D eigenvalue weighted by atomic mass is 10.00. The third-order valence-corrected chi connectivity index (χ3v) is 4.93. The molecule has 0 saturated heterocycles. The zero-order valence-corrected chi connectivity index (χ0v) is 11.6. The number of rotatable bonds is 3. The van der Waals surface area contributed by atoms with Crippen LogP contribution in [0.25, 0.3) is 0 Å². The summed E-state index contributed by atoms with van der Waals surface area (Å²) in [7, 11) is 0. The smallest absolute Gasteiger partial charge is 0.310 e. The Bertz CT molecular complexity index is 584. The molecule has 4 nitrogen and oxygen atoms in total. The molecule has 3 unspecified atom stereocenters. The first kappa shape index (κ1) is 13.2. The van der Waals surface area contributed by atoms with E-state index in [-0.39, 0.29) is 17.9 Å². The minimum Gasteiger partial charge on any atom is -0.481 e. The van der Waals surface area contributed by atoms with E-state index in [9.17, 15) is 9.59 Å². The molecular weight excluding hydrogens is 274 g/mol. The number of hydrogen-bond acceptors (Lipinski definition) is 3. The second-order valence-electron chi connectivity index (χ2n) is 5.08. The molecule has 3 rings (SSSR count).